The first-order valence-corrected chi connectivity index (χ1v) is 7.41. The number of ether oxygens (including phenoxy) is 1. The molecular weight excluding hydrogens is 334 g/mol. The molecule has 0 atom stereocenters. The van der Waals surface area contributed by atoms with Crippen molar-refractivity contribution in [1.29, 1.82) is 0 Å². The molecule has 2 aromatic carbocycles. The highest BCUT2D eigenvalue weighted by Gasteiger charge is 2.13. The standard InChI is InChI=1S/C16H16ClN3O4/c1-10-3-5-13(12(17)7-10)19-16(21)9-18-14-8-11(20(22)23)4-6-15(14)24-2/h3-8,18H,9H2,1-2H3,(H,19,21). The van der Waals surface area contributed by atoms with E-state index < -0.39 is 4.92 Å². The molecule has 0 aliphatic rings. The number of aryl methyl sites for hydroxylation is 1. The molecule has 0 fully saturated rings. The number of hydrogen-bond acceptors (Lipinski definition) is 5. The summed E-state index contributed by atoms with van der Waals surface area (Å²) >= 11 is 6.06. The highest BCUT2D eigenvalue weighted by atomic mass is 35.5. The van der Waals surface area contributed by atoms with Crippen LogP contribution < -0.4 is 15.4 Å². The summed E-state index contributed by atoms with van der Waals surface area (Å²) < 4.78 is 5.13. The lowest BCUT2D eigenvalue weighted by atomic mass is 10.2. The topological polar surface area (TPSA) is 93.5 Å². The minimum Gasteiger partial charge on any atom is -0.495 e. The summed E-state index contributed by atoms with van der Waals surface area (Å²) in [5.41, 5.74) is 1.75. The summed E-state index contributed by atoms with van der Waals surface area (Å²) in [5, 5.41) is 16.8. The van der Waals surface area contributed by atoms with Gasteiger partial charge in [0.2, 0.25) is 5.91 Å². The molecule has 0 saturated carbocycles. The van der Waals surface area contributed by atoms with Crippen LogP contribution in [0.2, 0.25) is 5.02 Å². The lowest BCUT2D eigenvalue weighted by Gasteiger charge is -2.12. The SMILES string of the molecule is COc1ccc([N+](=O)[O-])cc1NCC(=O)Nc1ccc(C)cc1Cl. The minimum absolute atomic E-state index is 0.0955. The van der Waals surface area contributed by atoms with E-state index >= 15 is 0 Å². The average Bonchev–Trinajstić information content (AvgIpc) is 2.55. The van der Waals surface area contributed by atoms with Gasteiger partial charge in [-0.15, -0.1) is 0 Å². The van der Waals surface area contributed by atoms with Crippen LogP contribution in [0.3, 0.4) is 0 Å². The van der Waals surface area contributed by atoms with Gasteiger partial charge in [0.05, 0.1) is 35.0 Å². The van der Waals surface area contributed by atoms with Gasteiger partial charge in [-0.3, -0.25) is 14.9 Å². The van der Waals surface area contributed by atoms with E-state index in [2.05, 4.69) is 10.6 Å². The monoisotopic (exact) mass is 349 g/mol. The molecule has 0 aliphatic carbocycles. The fourth-order valence-corrected chi connectivity index (χ4v) is 2.32. The number of carbonyl (C=O) groups is 1. The minimum atomic E-state index is -0.517. The first-order chi connectivity index (χ1) is 11.4. The third kappa shape index (κ3) is 4.36. The van der Waals surface area contributed by atoms with Crippen LogP contribution in [-0.4, -0.2) is 24.5 Å². The Morgan fingerprint density at radius 2 is 2.00 bits per heavy atom. The average molecular weight is 350 g/mol. The van der Waals surface area contributed by atoms with Gasteiger partial charge in [-0.2, -0.15) is 0 Å². The van der Waals surface area contributed by atoms with Crippen LogP contribution >= 0.6 is 11.6 Å². The second kappa shape index (κ2) is 7.65. The lowest BCUT2D eigenvalue weighted by Crippen LogP contribution is -2.22. The van der Waals surface area contributed by atoms with Gasteiger partial charge in [0.15, 0.2) is 0 Å². The Labute approximate surface area is 143 Å². The Morgan fingerprint density at radius 3 is 2.62 bits per heavy atom. The smallest absolute Gasteiger partial charge is 0.271 e. The first kappa shape index (κ1) is 17.6. The molecule has 1 amide bonds. The number of nitrogens with one attached hydrogen (secondary N) is 2. The molecule has 0 spiro atoms. The molecule has 0 heterocycles. The molecule has 0 radical (unpaired) electrons. The van der Waals surface area contributed by atoms with Gasteiger partial charge in [-0.25, -0.2) is 0 Å². The number of nitro groups is 1. The van der Waals surface area contributed by atoms with Crippen LogP contribution in [0.25, 0.3) is 0 Å². The van der Waals surface area contributed by atoms with E-state index in [1.165, 1.54) is 25.3 Å². The number of benzene rings is 2. The van der Waals surface area contributed by atoms with Crippen LogP contribution in [-0.2, 0) is 4.79 Å². The second-order valence-corrected chi connectivity index (χ2v) is 5.43. The summed E-state index contributed by atoms with van der Waals surface area (Å²) in [7, 11) is 1.44. The molecule has 0 saturated heterocycles. The van der Waals surface area contributed by atoms with E-state index in [9.17, 15) is 14.9 Å². The predicted molar refractivity (Wildman–Crippen MR) is 93.0 cm³/mol. The van der Waals surface area contributed by atoms with E-state index in [-0.39, 0.29) is 18.1 Å². The van der Waals surface area contributed by atoms with E-state index in [0.717, 1.165) is 5.56 Å². The van der Waals surface area contributed by atoms with Crippen molar-refractivity contribution in [1.82, 2.24) is 0 Å². The number of nitro benzene ring substituents is 1. The van der Waals surface area contributed by atoms with Gasteiger partial charge < -0.3 is 15.4 Å². The maximum atomic E-state index is 12.0. The summed E-state index contributed by atoms with van der Waals surface area (Å²) in [6, 6.07) is 9.40. The zero-order valence-corrected chi connectivity index (χ0v) is 13.9. The summed E-state index contributed by atoms with van der Waals surface area (Å²) in [5.74, 6) is 0.0658. The molecule has 8 heteroatoms. The fourth-order valence-electron chi connectivity index (χ4n) is 2.04. The van der Waals surface area contributed by atoms with Crippen molar-refractivity contribution in [3.63, 3.8) is 0 Å². The van der Waals surface area contributed by atoms with E-state index in [0.29, 0.717) is 22.1 Å². The Hall–Kier alpha value is -2.80. The molecule has 24 heavy (non-hydrogen) atoms. The van der Waals surface area contributed by atoms with E-state index in [1.807, 2.05) is 13.0 Å². The van der Waals surface area contributed by atoms with Crippen molar-refractivity contribution in [3.8, 4) is 5.75 Å². The van der Waals surface area contributed by atoms with Gasteiger partial charge in [0.1, 0.15) is 5.75 Å². The summed E-state index contributed by atoms with van der Waals surface area (Å²) in [6.45, 7) is 1.80. The quantitative estimate of drug-likeness (QED) is 0.613. The van der Waals surface area contributed by atoms with Crippen LogP contribution in [0.5, 0.6) is 5.75 Å². The molecule has 2 N–H and O–H groups in total. The Balaban J connectivity index is 2.05. The summed E-state index contributed by atoms with van der Waals surface area (Å²) in [4.78, 5) is 22.4. The van der Waals surface area contributed by atoms with Crippen LogP contribution in [0.15, 0.2) is 36.4 Å². The van der Waals surface area contributed by atoms with Gasteiger partial charge in [-0.05, 0) is 30.7 Å². The molecule has 2 aromatic rings. The van der Waals surface area contributed by atoms with Gasteiger partial charge >= 0.3 is 0 Å². The maximum absolute atomic E-state index is 12.0. The van der Waals surface area contributed by atoms with Crippen molar-refractivity contribution in [2.24, 2.45) is 0 Å². The molecule has 0 bridgehead atoms. The fraction of sp³-hybridized carbons (Fsp3) is 0.188. The Morgan fingerprint density at radius 1 is 1.25 bits per heavy atom. The number of rotatable bonds is 6. The van der Waals surface area contributed by atoms with Crippen molar-refractivity contribution in [3.05, 3.63) is 57.1 Å². The number of methoxy groups -OCH3 is 1. The molecule has 7 nitrogen and oxygen atoms in total. The van der Waals surface area contributed by atoms with Gasteiger partial charge in [-0.1, -0.05) is 17.7 Å². The van der Waals surface area contributed by atoms with Crippen LogP contribution in [0, 0.1) is 17.0 Å². The summed E-state index contributed by atoms with van der Waals surface area (Å²) in [6.07, 6.45) is 0. The predicted octanol–water partition coefficient (Wildman–Crippen LogP) is 3.62. The molecule has 0 aromatic heterocycles. The second-order valence-electron chi connectivity index (χ2n) is 5.03. The lowest BCUT2D eigenvalue weighted by molar-refractivity contribution is -0.384. The van der Waals surface area contributed by atoms with E-state index in [1.54, 1.807) is 12.1 Å². The molecule has 2 rings (SSSR count). The van der Waals surface area contributed by atoms with Gasteiger partial charge in [0, 0.05) is 12.1 Å². The number of hydrogen-bond donors (Lipinski definition) is 2. The number of amides is 1. The van der Waals surface area contributed by atoms with Gasteiger partial charge in [0.25, 0.3) is 5.69 Å². The number of non-ortho nitro benzene ring substituents is 1. The third-order valence-electron chi connectivity index (χ3n) is 3.23. The zero-order valence-electron chi connectivity index (χ0n) is 13.1. The van der Waals surface area contributed by atoms with Crippen molar-refractivity contribution >= 4 is 34.6 Å². The number of anilines is 2. The van der Waals surface area contributed by atoms with Crippen LogP contribution in [0.1, 0.15) is 5.56 Å². The largest absolute Gasteiger partial charge is 0.495 e. The highest BCUT2D eigenvalue weighted by molar-refractivity contribution is 6.33. The number of nitrogens with zero attached hydrogens (tertiary/aromatic N) is 1. The molecule has 0 aliphatic heterocycles. The maximum Gasteiger partial charge on any atom is 0.271 e. The van der Waals surface area contributed by atoms with Crippen LogP contribution in [0.4, 0.5) is 17.1 Å². The van der Waals surface area contributed by atoms with Crippen molar-refractivity contribution in [2.45, 2.75) is 6.92 Å². The number of carbonyl (C=O) groups excluding carboxylic acids is 1. The van der Waals surface area contributed by atoms with Crippen molar-refractivity contribution in [2.75, 3.05) is 24.3 Å². The normalized spacial score (nSPS) is 10.1. The Kier molecular flexibility index (Phi) is 5.59. The number of halogens is 1. The Bertz CT molecular complexity index is 780. The van der Waals surface area contributed by atoms with E-state index in [4.69, 9.17) is 16.3 Å². The first-order valence-electron chi connectivity index (χ1n) is 7.03. The van der Waals surface area contributed by atoms with Crippen molar-refractivity contribution < 1.29 is 14.5 Å². The molecule has 0 unspecified atom stereocenters. The highest BCUT2D eigenvalue weighted by Crippen LogP contribution is 2.28. The molecular formula is C16H16ClN3O4. The zero-order chi connectivity index (χ0) is 17.7. The third-order valence-corrected chi connectivity index (χ3v) is 3.54. The molecule has 126 valence electrons.